The number of nitrogens with one attached hydrogen (secondary N) is 2. The largest absolute Gasteiger partial charge is 0.496 e. The van der Waals surface area contributed by atoms with Crippen molar-refractivity contribution < 1.29 is 22.7 Å². The van der Waals surface area contributed by atoms with Crippen LogP contribution in [0.15, 0.2) is 71.8 Å². The predicted molar refractivity (Wildman–Crippen MR) is 179 cm³/mol. The number of carbonyl (C=O) groups is 2. The van der Waals surface area contributed by atoms with E-state index in [0.29, 0.717) is 53.5 Å². The van der Waals surface area contributed by atoms with Crippen LogP contribution in [0.1, 0.15) is 48.4 Å². The van der Waals surface area contributed by atoms with Crippen LogP contribution in [0.2, 0.25) is 0 Å². The Balaban J connectivity index is 1.47. The number of sulfone groups is 1. The summed E-state index contributed by atoms with van der Waals surface area (Å²) in [6.45, 7) is 2.37. The van der Waals surface area contributed by atoms with Crippen molar-refractivity contribution in [3.63, 3.8) is 0 Å². The lowest BCUT2D eigenvalue weighted by Gasteiger charge is -2.28. The predicted octanol–water partition coefficient (Wildman–Crippen LogP) is 5.15. The average molecular weight is 643 g/mol. The summed E-state index contributed by atoms with van der Waals surface area (Å²) in [5.41, 5.74) is 9.19. The number of pyridine rings is 1. The van der Waals surface area contributed by atoms with Crippen LogP contribution in [0, 0.1) is 0 Å². The summed E-state index contributed by atoms with van der Waals surface area (Å²) >= 11 is 0. The van der Waals surface area contributed by atoms with Crippen molar-refractivity contribution in [2.75, 3.05) is 44.1 Å². The normalized spacial score (nSPS) is 19.3. The minimum atomic E-state index is -3.59. The Morgan fingerprint density at radius 1 is 1.00 bits per heavy atom. The van der Waals surface area contributed by atoms with E-state index >= 15 is 0 Å². The molecule has 11 nitrogen and oxygen atoms in total. The summed E-state index contributed by atoms with van der Waals surface area (Å²) in [5, 5.41) is 7.57. The number of nitrogens with two attached hydrogens (primary N) is 1. The van der Waals surface area contributed by atoms with E-state index in [1.54, 1.807) is 44.4 Å². The van der Waals surface area contributed by atoms with Crippen LogP contribution in [0.4, 0.5) is 22.0 Å². The SMILES string of the molecule is COc1ccc2cc1C(C)CN(C)C(=O)Nc1ccc(S(=O)(=O)C3CC3)c(c1)CN(C)C(=O)[C@H]2Nc1ccc2c(N)nccc2c1. The van der Waals surface area contributed by atoms with Gasteiger partial charge in [0.15, 0.2) is 9.84 Å². The fourth-order valence-electron chi connectivity index (χ4n) is 6.04. The molecule has 4 aromatic rings. The second kappa shape index (κ2) is 12.2. The van der Waals surface area contributed by atoms with Gasteiger partial charge in [-0.15, -0.1) is 0 Å². The summed E-state index contributed by atoms with van der Waals surface area (Å²) in [6.07, 6.45) is 2.86. The summed E-state index contributed by atoms with van der Waals surface area (Å²) in [4.78, 5) is 35.1. The van der Waals surface area contributed by atoms with Crippen molar-refractivity contribution in [3.05, 3.63) is 83.6 Å². The molecule has 1 fully saturated rings. The van der Waals surface area contributed by atoms with Gasteiger partial charge in [0.05, 0.1) is 17.3 Å². The van der Waals surface area contributed by atoms with Gasteiger partial charge in [-0.3, -0.25) is 4.79 Å². The molecule has 0 saturated heterocycles. The fourth-order valence-corrected chi connectivity index (χ4v) is 7.91. The minimum absolute atomic E-state index is 0.0111. The molecule has 0 spiro atoms. The molecule has 1 aliphatic carbocycles. The van der Waals surface area contributed by atoms with Crippen LogP contribution in [-0.2, 0) is 21.2 Å². The number of aromatic nitrogens is 1. The third-order valence-electron chi connectivity index (χ3n) is 8.73. The number of hydrogen-bond donors (Lipinski definition) is 3. The number of benzene rings is 3. The molecule has 1 aliphatic heterocycles. The number of nitrogens with zero attached hydrogens (tertiary/aromatic N) is 3. The molecular formula is C34H38N6O5S. The van der Waals surface area contributed by atoms with Crippen molar-refractivity contribution >= 4 is 49.7 Å². The maximum atomic E-state index is 14.4. The van der Waals surface area contributed by atoms with E-state index in [2.05, 4.69) is 15.6 Å². The quantitative estimate of drug-likeness (QED) is 0.271. The Bertz CT molecular complexity index is 1940. The molecule has 1 saturated carbocycles. The molecule has 46 heavy (non-hydrogen) atoms. The minimum Gasteiger partial charge on any atom is -0.496 e. The molecule has 6 rings (SSSR count). The van der Waals surface area contributed by atoms with Crippen LogP contribution < -0.4 is 21.1 Å². The first-order chi connectivity index (χ1) is 22.0. The topological polar surface area (TPSA) is 147 Å². The standard InChI is InChI=1S/C34H38N6O5S/c1-20-18-40(3)34(42)38-25-7-12-30(46(43,44)26-8-9-26)23(16-25)19-39(2)33(41)31(22-5-11-29(45-4)28(20)17-22)37-24-6-10-27-21(15-24)13-14-36-32(27)35/h5-7,10-17,20,26,31,37H,8-9,18-19H2,1-4H3,(H2,35,36)(H,38,42)/t20?,31-/m0/s1. The van der Waals surface area contributed by atoms with E-state index in [4.69, 9.17) is 10.5 Å². The number of fused-ring (bicyclic) bond motifs is 5. The number of amides is 3. The van der Waals surface area contributed by atoms with Crippen LogP contribution >= 0.6 is 0 Å². The van der Waals surface area contributed by atoms with Gasteiger partial charge in [-0.05, 0) is 89.5 Å². The van der Waals surface area contributed by atoms with Gasteiger partial charge in [-0.2, -0.15) is 0 Å². The Kier molecular flexibility index (Phi) is 8.24. The van der Waals surface area contributed by atoms with E-state index in [-0.39, 0.29) is 29.3 Å². The number of carbonyl (C=O) groups excluding carboxylic acids is 2. The summed E-state index contributed by atoms with van der Waals surface area (Å²) in [7, 11) is 1.36. The highest BCUT2D eigenvalue weighted by Crippen LogP contribution is 2.37. The van der Waals surface area contributed by atoms with Crippen molar-refractivity contribution in [1.82, 2.24) is 14.8 Å². The highest BCUT2D eigenvalue weighted by Gasteiger charge is 2.38. The van der Waals surface area contributed by atoms with Crippen molar-refractivity contribution in [3.8, 4) is 5.75 Å². The van der Waals surface area contributed by atoms with Gasteiger partial charge in [-0.25, -0.2) is 18.2 Å². The van der Waals surface area contributed by atoms with Crippen molar-refractivity contribution in [2.24, 2.45) is 0 Å². The zero-order valence-electron chi connectivity index (χ0n) is 26.3. The lowest BCUT2D eigenvalue weighted by atomic mass is 9.94. The molecule has 3 amide bonds. The van der Waals surface area contributed by atoms with Gasteiger partial charge < -0.3 is 30.9 Å². The monoisotopic (exact) mass is 642 g/mol. The van der Waals surface area contributed by atoms with Gasteiger partial charge in [0, 0.05) is 56.1 Å². The second-order valence-electron chi connectivity index (χ2n) is 12.2. The lowest BCUT2D eigenvalue weighted by Crippen LogP contribution is -2.35. The van der Waals surface area contributed by atoms with Crippen molar-refractivity contribution in [2.45, 2.75) is 48.4 Å². The summed E-state index contributed by atoms with van der Waals surface area (Å²) in [5.74, 6) is 0.639. The number of likely N-dealkylation sites (N-methyl/N-ethyl adjacent to an activating group) is 2. The van der Waals surface area contributed by atoms with E-state index in [1.165, 1.54) is 11.0 Å². The average Bonchev–Trinajstić information content (AvgIpc) is 3.89. The maximum Gasteiger partial charge on any atom is 0.321 e. The molecule has 2 aliphatic rings. The first-order valence-corrected chi connectivity index (χ1v) is 16.7. The molecule has 0 radical (unpaired) electrons. The van der Waals surface area contributed by atoms with E-state index in [9.17, 15) is 18.0 Å². The van der Waals surface area contributed by atoms with Crippen LogP contribution in [0.5, 0.6) is 5.75 Å². The molecule has 12 heteroatoms. The van der Waals surface area contributed by atoms with Gasteiger partial charge in [0.1, 0.15) is 17.6 Å². The zero-order valence-corrected chi connectivity index (χ0v) is 27.1. The Morgan fingerprint density at radius 3 is 2.52 bits per heavy atom. The molecule has 1 aromatic heterocycles. The Hall–Kier alpha value is -4.84. The molecule has 2 atom stereocenters. The smallest absolute Gasteiger partial charge is 0.321 e. The molecule has 240 valence electrons. The van der Waals surface area contributed by atoms with Gasteiger partial charge in [0.2, 0.25) is 5.91 Å². The maximum absolute atomic E-state index is 14.4. The van der Waals surface area contributed by atoms with Gasteiger partial charge in [-0.1, -0.05) is 13.0 Å². The number of ether oxygens (including phenoxy) is 1. The lowest BCUT2D eigenvalue weighted by molar-refractivity contribution is -0.131. The van der Waals surface area contributed by atoms with Gasteiger partial charge in [0.25, 0.3) is 0 Å². The second-order valence-corrected chi connectivity index (χ2v) is 14.4. The van der Waals surface area contributed by atoms with Crippen LogP contribution in [0.3, 0.4) is 0 Å². The zero-order chi connectivity index (χ0) is 32.7. The molecule has 3 aromatic carbocycles. The van der Waals surface area contributed by atoms with Crippen LogP contribution in [0.25, 0.3) is 10.8 Å². The highest BCUT2D eigenvalue weighted by molar-refractivity contribution is 7.92. The number of urea groups is 1. The van der Waals surface area contributed by atoms with Crippen LogP contribution in [-0.4, -0.2) is 68.1 Å². The molecule has 1 unspecified atom stereocenters. The highest BCUT2D eigenvalue weighted by atomic mass is 32.2. The number of anilines is 3. The van der Waals surface area contributed by atoms with E-state index < -0.39 is 21.1 Å². The molecule has 2 heterocycles. The molecular weight excluding hydrogens is 604 g/mol. The van der Waals surface area contributed by atoms with E-state index in [0.717, 1.165) is 16.3 Å². The number of hydrogen-bond acceptors (Lipinski definition) is 8. The third-order valence-corrected chi connectivity index (χ3v) is 11.1. The first kappa shape index (κ1) is 31.2. The Morgan fingerprint density at radius 2 is 1.78 bits per heavy atom. The Labute approximate surface area is 268 Å². The number of methoxy groups -OCH3 is 1. The summed E-state index contributed by atoms with van der Waals surface area (Å²) < 4.78 is 32.6. The number of rotatable bonds is 5. The molecule has 4 N–H and O–H groups in total. The fraction of sp³-hybridized carbons (Fsp3) is 0.324. The van der Waals surface area contributed by atoms with Crippen molar-refractivity contribution in [1.29, 1.82) is 0 Å². The third kappa shape index (κ3) is 6.04. The van der Waals surface area contributed by atoms with Gasteiger partial charge >= 0.3 is 6.03 Å². The molecule has 4 bridgehead atoms. The van der Waals surface area contributed by atoms with E-state index in [1.807, 2.05) is 49.4 Å². The number of nitrogen functional groups attached to an aromatic ring is 1. The summed E-state index contributed by atoms with van der Waals surface area (Å²) in [6, 6.07) is 16.7. The first-order valence-electron chi connectivity index (χ1n) is 15.2.